The second-order valence-corrected chi connectivity index (χ2v) is 4.52. The first-order valence-corrected chi connectivity index (χ1v) is 5.94. The summed E-state index contributed by atoms with van der Waals surface area (Å²) in [6.45, 7) is 3.88. The molecular formula is C13H17F3N2O. The van der Waals surface area contributed by atoms with Gasteiger partial charge in [0.05, 0.1) is 11.1 Å². The zero-order valence-electron chi connectivity index (χ0n) is 10.8. The van der Waals surface area contributed by atoms with Crippen LogP contribution in [-0.4, -0.2) is 18.5 Å². The van der Waals surface area contributed by atoms with Crippen LogP contribution in [0.1, 0.15) is 29.8 Å². The van der Waals surface area contributed by atoms with Crippen molar-refractivity contribution in [1.29, 1.82) is 0 Å². The number of rotatable bonds is 4. The highest BCUT2D eigenvalue weighted by molar-refractivity contribution is 5.96. The molecule has 3 N–H and O–H groups in total. The number of carbonyl (C=O) groups is 1. The van der Waals surface area contributed by atoms with Crippen LogP contribution in [0.2, 0.25) is 0 Å². The molecule has 1 aromatic rings. The molecule has 1 amide bonds. The fourth-order valence-corrected chi connectivity index (χ4v) is 1.56. The SMILES string of the molecule is CC(CN)C(C)NC(=O)c1ccccc1C(F)(F)F. The molecule has 2 unspecified atom stereocenters. The van der Waals surface area contributed by atoms with Crippen LogP contribution in [0.5, 0.6) is 0 Å². The van der Waals surface area contributed by atoms with E-state index in [2.05, 4.69) is 5.32 Å². The predicted octanol–water partition coefficient (Wildman–Crippen LogP) is 2.42. The van der Waals surface area contributed by atoms with E-state index < -0.39 is 17.6 Å². The maximum Gasteiger partial charge on any atom is 0.417 e. The van der Waals surface area contributed by atoms with E-state index in [0.717, 1.165) is 12.1 Å². The van der Waals surface area contributed by atoms with Crippen molar-refractivity contribution in [3.8, 4) is 0 Å². The minimum absolute atomic E-state index is 0.0120. The van der Waals surface area contributed by atoms with Crippen LogP contribution in [0.4, 0.5) is 13.2 Å². The van der Waals surface area contributed by atoms with Gasteiger partial charge in [-0.1, -0.05) is 19.1 Å². The van der Waals surface area contributed by atoms with Crippen molar-refractivity contribution >= 4 is 5.91 Å². The molecular weight excluding hydrogens is 257 g/mol. The van der Waals surface area contributed by atoms with Crippen molar-refractivity contribution in [2.24, 2.45) is 11.7 Å². The molecule has 106 valence electrons. The molecule has 1 rings (SSSR count). The number of nitrogens with two attached hydrogens (primary N) is 1. The van der Waals surface area contributed by atoms with E-state index >= 15 is 0 Å². The molecule has 3 nitrogen and oxygen atoms in total. The number of alkyl halides is 3. The summed E-state index contributed by atoms with van der Waals surface area (Å²) >= 11 is 0. The maximum absolute atomic E-state index is 12.8. The van der Waals surface area contributed by atoms with Crippen LogP contribution in [0.3, 0.4) is 0 Å². The molecule has 2 atom stereocenters. The van der Waals surface area contributed by atoms with Gasteiger partial charge < -0.3 is 11.1 Å². The summed E-state index contributed by atoms with van der Waals surface area (Å²) in [5.41, 5.74) is 4.16. The third-order valence-electron chi connectivity index (χ3n) is 3.06. The van der Waals surface area contributed by atoms with Crippen molar-refractivity contribution in [2.45, 2.75) is 26.1 Å². The lowest BCUT2D eigenvalue weighted by Gasteiger charge is -2.21. The molecule has 0 spiro atoms. The molecule has 0 bridgehead atoms. The number of benzene rings is 1. The molecule has 0 aliphatic rings. The highest BCUT2D eigenvalue weighted by atomic mass is 19.4. The number of hydrogen-bond acceptors (Lipinski definition) is 2. The van der Waals surface area contributed by atoms with Gasteiger partial charge in [0, 0.05) is 6.04 Å². The molecule has 1 aromatic carbocycles. The number of amides is 1. The van der Waals surface area contributed by atoms with Gasteiger partial charge in [0.15, 0.2) is 0 Å². The molecule has 0 heterocycles. The normalized spacial score (nSPS) is 14.8. The van der Waals surface area contributed by atoms with Crippen LogP contribution in [-0.2, 0) is 6.18 Å². The lowest BCUT2D eigenvalue weighted by molar-refractivity contribution is -0.137. The van der Waals surface area contributed by atoms with Gasteiger partial charge in [0.2, 0.25) is 0 Å². The first-order valence-electron chi connectivity index (χ1n) is 5.94. The third kappa shape index (κ3) is 3.96. The number of nitrogens with one attached hydrogen (secondary N) is 1. The lowest BCUT2D eigenvalue weighted by Crippen LogP contribution is -2.40. The molecule has 0 aliphatic carbocycles. The molecule has 0 fully saturated rings. The molecule has 0 aromatic heterocycles. The van der Waals surface area contributed by atoms with E-state index in [1.165, 1.54) is 12.1 Å². The largest absolute Gasteiger partial charge is 0.417 e. The molecule has 0 aliphatic heterocycles. The van der Waals surface area contributed by atoms with Gasteiger partial charge in [-0.3, -0.25) is 4.79 Å². The Balaban J connectivity index is 2.95. The van der Waals surface area contributed by atoms with E-state index in [-0.39, 0.29) is 17.5 Å². The van der Waals surface area contributed by atoms with E-state index in [4.69, 9.17) is 5.73 Å². The minimum Gasteiger partial charge on any atom is -0.349 e. The Morgan fingerprint density at radius 3 is 2.42 bits per heavy atom. The van der Waals surface area contributed by atoms with Crippen molar-refractivity contribution in [3.63, 3.8) is 0 Å². The van der Waals surface area contributed by atoms with Gasteiger partial charge in [0.1, 0.15) is 0 Å². The summed E-state index contributed by atoms with van der Waals surface area (Å²) in [5, 5.41) is 2.54. The Kier molecular flexibility index (Phi) is 4.94. The molecule has 0 radical (unpaired) electrons. The zero-order chi connectivity index (χ0) is 14.6. The summed E-state index contributed by atoms with van der Waals surface area (Å²) in [7, 11) is 0. The second kappa shape index (κ2) is 6.06. The van der Waals surface area contributed by atoms with Crippen LogP contribution in [0.25, 0.3) is 0 Å². The van der Waals surface area contributed by atoms with Gasteiger partial charge in [0.25, 0.3) is 5.91 Å². The van der Waals surface area contributed by atoms with Gasteiger partial charge in [-0.05, 0) is 31.5 Å². The number of halogens is 3. The minimum atomic E-state index is -4.54. The quantitative estimate of drug-likeness (QED) is 0.886. The van der Waals surface area contributed by atoms with Crippen molar-refractivity contribution in [3.05, 3.63) is 35.4 Å². The predicted molar refractivity (Wildman–Crippen MR) is 66.6 cm³/mol. The van der Waals surface area contributed by atoms with E-state index in [0.29, 0.717) is 6.54 Å². The topological polar surface area (TPSA) is 55.1 Å². The monoisotopic (exact) mass is 274 g/mol. The average molecular weight is 274 g/mol. The number of hydrogen-bond donors (Lipinski definition) is 2. The maximum atomic E-state index is 12.8. The molecule has 6 heteroatoms. The Bertz CT molecular complexity index is 446. The van der Waals surface area contributed by atoms with Gasteiger partial charge in [-0.2, -0.15) is 13.2 Å². The van der Waals surface area contributed by atoms with Crippen molar-refractivity contribution < 1.29 is 18.0 Å². The Morgan fingerprint density at radius 2 is 1.89 bits per heavy atom. The fourth-order valence-electron chi connectivity index (χ4n) is 1.56. The van der Waals surface area contributed by atoms with E-state index in [9.17, 15) is 18.0 Å². The van der Waals surface area contributed by atoms with Crippen molar-refractivity contribution in [1.82, 2.24) is 5.32 Å². The van der Waals surface area contributed by atoms with Crippen LogP contribution < -0.4 is 11.1 Å². The zero-order valence-corrected chi connectivity index (χ0v) is 10.8. The Labute approximate surface area is 110 Å². The highest BCUT2D eigenvalue weighted by Crippen LogP contribution is 2.31. The molecule has 19 heavy (non-hydrogen) atoms. The fraction of sp³-hybridized carbons (Fsp3) is 0.462. The standard InChI is InChI=1S/C13H17F3N2O/c1-8(7-17)9(2)18-12(19)10-5-3-4-6-11(10)13(14,15)16/h3-6,8-9H,7,17H2,1-2H3,(H,18,19). The Hall–Kier alpha value is -1.56. The first kappa shape index (κ1) is 15.5. The number of carbonyl (C=O) groups excluding carboxylic acids is 1. The smallest absolute Gasteiger partial charge is 0.349 e. The highest BCUT2D eigenvalue weighted by Gasteiger charge is 2.35. The Morgan fingerprint density at radius 1 is 1.32 bits per heavy atom. The van der Waals surface area contributed by atoms with Crippen LogP contribution >= 0.6 is 0 Å². The van der Waals surface area contributed by atoms with E-state index in [1.54, 1.807) is 6.92 Å². The van der Waals surface area contributed by atoms with Crippen LogP contribution in [0.15, 0.2) is 24.3 Å². The second-order valence-electron chi connectivity index (χ2n) is 4.52. The van der Waals surface area contributed by atoms with Crippen LogP contribution in [0, 0.1) is 5.92 Å². The van der Waals surface area contributed by atoms with E-state index in [1.807, 2.05) is 6.92 Å². The summed E-state index contributed by atoms with van der Waals surface area (Å²) < 4.78 is 38.3. The first-order chi connectivity index (χ1) is 8.77. The summed E-state index contributed by atoms with van der Waals surface area (Å²) in [4.78, 5) is 11.9. The van der Waals surface area contributed by atoms with Crippen molar-refractivity contribution in [2.75, 3.05) is 6.54 Å². The summed E-state index contributed by atoms with van der Waals surface area (Å²) in [6.07, 6.45) is -4.54. The third-order valence-corrected chi connectivity index (χ3v) is 3.06. The average Bonchev–Trinajstić information content (AvgIpc) is 2.36. The van der Waals surface area contributed by atoms with Gasteiger partial charge in [-0.15, -0.1) is 0 Å². The van der Waals surface area contributed by atoms with Gasteiger partial charge in [-0.25, -0.2) is 0 Å². The van der Waals surface area contributed by atoms with Gasteiger partial charge >= 0.3 is 6.18 Å². The molecule has 0 saturated heterocycles. The summed E-state index contributed by atoms with van der Waals surface area (Å²) in [5.74, 6) is -0.747. The summed E-state index contributed by atoms with van der Waals surface area (Å²) in [6, 6.07) is 4.43. The molecule has 0 saturated carbocycles. The lowest BCUT2D eigenvalue weighted by atomic mass is 10.0.